The predicted octanol–water partition coefficient (Wildman–Crippen LogP) is 4.61. The summed E-state index contributed by atoms with van der Waals surface area (Å²) in [7, 11) is 0. The Morgan fingerprint density at radius 1 is 1.09 bits per heavy atom. The fourth-order valence-electron chi connectivity index (χ4n) is 3.72. The molecule has 0 spiro atoms. The van der Waals surface area contributed by atoms with Crippen LogP contribution in [0.1, 0.15) is 43.4 Å². The smallest absolute Gasteiger partial charge is 0.366 e. The zero-order chi connectivity index (χ0) is 25.5. The number of anilines is 1. The first-order valence-corrected chi connectivity index (χ1v) is 10.4. The van der Waals surface area contributed by atoms with E-state index < -0.39 is 35.2 Å². The number of hydrogen-bond acceptors (Lipinski definition) is 4. The number of aromatic nitrogens is 3. The Morgan fingerprint density at radius 2 is 1.80 bits per heavy atom. The normalized spacial score (nSPS) is 11.6. The molecule has 11 heteroatoms. The van der Waals surface area contributed by atoms with E-state index in [-0.39, 0.29) is 29.0 Å². The highest BCUT2D eigenvalue weighted by Crippen LogP contribution is 2.36. The summed E-state index contributed by atoms with van der Waals surface area (Å²) < 4.78 is 55.9. The summed E-state index contributed by atoms with van der Waals surface area (Å²) >= 11 is 0. The SMILES string of the molecule is Cc1cc(F)ccc1Cn1nc(C(F)(F)F)c(NC(=O)c2cc(C(N)=O)c3ccccc3n2)c1C. The van der Waals surface area contributed by atoms with Crippen LogP contribution >= 0.6 is 0 Å². The number of hydrogen-bond donors (Lipinski definition) is 2. The van der Waals surface area contributed by atoms with E-state index in [0.717, 1.165) is 10.7 Å². The van der Waals surface area contributed by atoms with Crippen LogP contribution in [0.2, 0.25) is 0 Å². The summed E-state index contributed by atoms with van der Waals surface area (Å²) in [6.07, 6.45) is -4.87. The van der Waals surface area contributed by atoms with Crippen molar-refractivity contribution in [2.24, 2.45) is 5.73 Å². The molecule has 180 valence electrons. The molecule has 0 saturated carbocycles. The van der Waals surface area contributed by atoms with Gasteiger partial charge in [-0.15, -0.1) is 0 Å². The van der Waals surface area contributed by atoms with Gasteiger partial charge in [0.2, 0.25) is 5.91 Å². The highest BCUT2D eigenvalue weighted by Gasteiger charge is 2.39. The number of benzene rings is 2. The number of fused-ring (bicyclic) bond motifs is 1. The third-order valence-electron chi connectivity index (χ3n) is 5.55. The number of carbonyl (C=O) groups excluding carboxylic acids is 2. The summed E-state index contributed by atoms with van der Waals surface area (Å²) in [5, 5.41) is 6.32. The van der Waals surface area contributed by atoms with Crippen molar-refractivity contribution in [3.8, 4) is 0 Å². The molecule has 4 aromatic rings. The van der Waals surface area contributed by atoms with E-state index in [0.29, 0.717) is 16.5 Å². The maximum absolute atomic E-state index is 13.8. The Kier molecular flexibility index (Phi) is 6.01. The van der Waals surface area contributed by atoms with Gasteiger partial charge in [-0.25, -0.2) is 9.37 Å². The molecule has 2 aromatic heterocycles. The van der Waals surface area contributed by atoms with Gasteiger partial charge in [0.05, 0.1) is 29.0 Å². The maximum Gasteiger partial charge on any atom is 0.437 e. The lowest BCUT2D eigenvalue weighted by molar-refractivity contribution is -0.140. The molecule has 35 heavy (non-hydrogen) atoms. The lowest BCUT2D eigenvalue weighted by Gasteiger charge is -2.11. The molecule has 0 aliphatic carbocycles. The molecule has 0 saturated heterocycles. The van der Waals surface area contributed by atoms with Crippen LogP contribution in [0.4, 0.5) is 23.2 Å². The van der Waals surface area contributed by atoms with Gasteiger partial charge < -0.3 is 11.1 Å². The molecular formula is C24H19F4N5O2. The van der Waals surface area contributed by atoms with Crippen molar-refractivity contribution in [1.82, 2.24) is 14.8 Å². The van der Waals surface area contributed by atoms with Gasteiger partial charge in [-0.05, 0) is 49.2 Å². The van der Waals surface area contributed by atoms with Crippen molar-refractivity contribution < 1.29 is 27.2 Å². The minimum absolute atomic E-state index is 0.0102. The Balaban J connectivity index is 1.74. The average Bonchev–Trinajstić information content (AvgIpc) is 3.10. The minimum atomic E-state index is -4.87. The Labute approximate surface area is 196 Å². The second-order valence-electron chi connectivity index (χ2n) is 7.93. The van der Waals surface area contributed by atoms with E-state index in [4.69, 9.17) is 5.73 Å². The van der Waals surface area contributed by atoms with E-state index in [1.54, 1.807) is 31.2 Å². The van der Waals surface area contributed by atoms with Crippen LogP contribution in [-0.2, 0) is 12.7 Å². The van der Waals surface area contributed by atoms with Crippen molar-refractivity contribution >= 4 is 28.4 Å². The molecule has 0 aliphatic rings. The molecule has 2 amide bonds. The number of nitrogens with one attached hydrogen (secondary N) is 1. The van der Waals surface area contributed by atoms with Crippen LogP contribution < -0.4 is 11.1 Å². The average molecular weight is 485 g/mol. The Morgan fingerprint density at radius 3 is 2.46 bits per heavy atom. The molecule has 4 rings (SSSR count). The van der Waals surface area contributed by atoms with Gasteiger partial charge in [-0.1, -0.05) is 24.3 Å². The van der Waals surface area contributed by atoms with Crippen molar-refractivity contribution in [2.45, 2.75) is 26.6 Å². The number of para-hydroxylation sites is 1. The topological polar surface area (TPSA) is 103 Å². The van der Waals surface area contributed by atoms with E-state index >= 15 is 0 Å². The van der Waals surface area contributed by atoms with Gasteiger partial charge in [-0.3, -0.25) is 14.3 Å². The fraction of sp³-hybridized carbons (Fsp3) is 0.167. The number of aryl methyl sites for hydroxylation is 1. The highest BCUT2D eigenvalue weighted by atomic mass is 19.4. The number of pyridine rings is 1. The zero-order valence-electron chi connectivity index (χ0n) is 18.6. The molecule has 3 N–H and O–H groups in total. The number of nitrogens with zero attached hydrogens (tertiary/aromatic N) is 3. The predicted molar refractivity (Wildman–Crippen MR) is 120 cm³/mol. The second kappa shape index (κ2) is 8.82. The van der Waals surface area contributed by atoms with Gasteiger partial charge in [0.25, 0.3) is 5.91 Å². The van der Waals surface area contributed by atoms with Gasteiger partial charge in [-0.2, -0.15) is 18.3 Å². The second-order valence-corrected chi connectivity index (χ2v) is 7.93. The number of rotatable bonds is 5. The number of primary amides is 1. The van der Waals surface area contributed by atoms with Crippen LogP contribution in [-0.4, -0.2) is 26.6 Å². The highest BCUT2D eigenvalue weighted by molar-refractivity contribution is 6.10. The van der Waals surface area contributed by atoms with Crippen molar-refractivity contribution in [2.75, 3.05) is 5.32 Å². The Hall–Kier alpha value is -4.28. The summed E-state index contributed by atoms with van der Waals surface area (Å²) in [6.45, 7) is 2.93. The van der Waals surface area contributed by atoms with E-state index in [9.17, 15) is 27.2 Å². The first-order chi connectivity index (χ1) is 16.5. The van der Waals surface area contributed by atoms with Crippen molar-refractivity contribution in [1.29, 1.82) is 0 Å². The monoisotopic (exact) mass is 485 g/mol. The molecule has 2 heterocycles. The molecule has 0 unspecified atom stereocenters. The molecular weight excluding hydrogens is 466 g/mol. The quantitative estimate of drug-likeness (QED) is 0.403. The molecule has 0 fully saturated rings. The van der Waals surface area contributed by atoms with E-state index in [1.165, 1.54) is 25.1 Å². The number of nitrogens with two attached hydrogens (primary N) is 1. The first kappa shape index (κ1) is 23.9. The number of carbonyl (C=O) groups is 2. The van der Waals surface area contributed by atoms with Crippen LogP contribution in [0.15, 0.2) is 48.5 Å². The molecule has 0 aliphatic heterocycles. The van der Waals surface area contributed by atoms with Gasteiger partial charge in [0.15, 0.2) is 5.69 Å². The van der Waals surface area contributed by atoms with Crippen LogP contribution in [0.25, 0.3) is 10.9 Å². The van der Waals surface area contributed by atoms with Gasteiger partial charge in [0, 0.05) is 5.39 Å². The van der Waals surface area contributed by atoms with Crippen molar-refractivity contribution in [3.63, 3.8) is 0 Å². The molecule has 0 radical (unpaired) electrons. The zero-order valence-corrected chi connectivity index (χ0v) is 18.6. The van der Waals surface area contributed by atoms with Crippen LogP contribution in [0.3, 0.4) is 0 Å². The largest absolute Gasteiger partial charge is 0.437 e. The van der Waals surface area contributed by atoms with Crippen molar-refractivity contribution in [3.05, 3.63) is 88.1 Å². The van der Waals surface area contributed by atoms with Crippen LogP contribution in [0, 0.1) is 19.7 Å². The summed E-state index contributed by atoms with van der Waals surface area (Å²) in [6, 6.07) is 11.5. The first-order valence-electron chi connectivity index (χ1n) is 10.4. The fourth-order valence-corrected chi connectivity index (χ4v) is 3.72. The molecule has 2 aromatic carbocycles. The lowest BCUT2D eigenvalue weighted by atomic mass is 10.1. The standard InChI is InChI=1S/C24H19F4N5O2/c1-12-9-15(25)8-7-14(12)11-33-13(2)20(21(32-33)24(26,27)28)31-23(35)19-10-17(22(29)34)16-5-3-4-6-18(16)30-19/h3-10H,11H2,1-2H3,(H2,29,34)(H,31,35). The maximum atomic E-state index is 13.8. The summed E-state index contributed by atoms with van der Waals surface area (Å²) in [5.41, 5.74) is 4.73. The molecule has 0 atom stereocenters. The third kappa shape index (κ3) is 4.70. The summed E-state index contributed by atoms with van der Waals surface area (Å²) in [4.78, 5) is 29.0. The minimum Gasteiger partial charge on any atom is -0.366 e. The van der Waals surface area contributed by atoms with E-state index in [2.05, 4.69) is 15.4 Å². The Bertz CT molecular complexity index is 1480. The lowest BCUT2D eigenvalue weighted by Crippen LogP contribution is -2.19. The van der Waals surface area contributed by atoms with Gasteiger partial charge >= 0.3 is 6.18 Å². The summed E-state index contributed by atoms with van der Waals surface area (Å²) in [5.74, 6) is -2.25. The number of halogens is 4. The van der Waals surface area contributed by atoms with Crippen LogP contribution in [0.5, 0.6) is 0 Å². The number of alkyl halides is 3. The van der Waals surface area contributed by atoms with Gasteiger partial charge in [0.1, 0.15) is 11.5 Å². The van der Waals surface area contributed by atoms with E-state index in [1.807, 2.05) is 0 Å². The molecule has 7 nitrogen and oxygen atoms in total. The number of amides is 2. The molecule has 0 bridgehead atoms. The third-order valence-corrected chi connectivity index (χ3v) is 5.55.